The smallest absolute Gasteiger partial charge is 0.0845 e. The van der Waals surface area contributed by atoms with Crippen molar-refractivity contribution in [1.82, 2.24) is 0 Å². The van der Waals surface area contributed by atoms with E-state index in [-0.39, 0.29) is 0 Å². The van der Waals surface area contributed by atoms with E-state index in [1.54, 1.807) is 12.3 Å². The summed E-state index contributed by atoms with van der Waals surface area (Å²) in [6.45, 7) is 3.47. The molecule has 0 bridgehead atoms. The van der Waals surface area contributed by atoms with Crippen molar-refractivity contribution in [2.75, 3.05) is 24.2 Å². The van der Waals surface area contributed by atoms with Crippen LogP contribution in [0.3, 0.4) is 0 Å². The average molecular weight is 267 g/mol. The first-order valence-electron chi connectivity index (χ1n) is 5.96. The van der Waals surface area contributed by atoms with E-state index >= 15 is 0 Å². The average Bonchev–Trinajstić information content (AvgIpc) is 2.35. The number of nitrogens with one attached hydrogen (secondary N) is 1. The molecule has 98 valence electrons. The van der Waals surface area contributed by atoms with Crippen LogP contribution in [0.2, 0.25) is 5.02 Å². The van der Waals surface area contributed by atoms with Crippen LogP contribution in [0.5, 0.6) is 0 Å². The number of anilines is 2. The summed E-state index contributed by atoms with van der Waals surface area (Å²) in [5.41, 5.74) is 7.41. The van der Waals surface area contributed by atoms with Crippen LogP contribution in [-0.4, -0.2) is 13.2 Å². The standard InChI is InChI=1S/C14H19ClN2O/c1-2-18-10-6-4-3-5-9-17-14-8-7-12(15)11-13(14)16/h3-4,6-8,10-11,17H,2,5,9,16H2,1H3/b4-3-,10-6+. The Morgan fingerprint density at radius 1 is 1.39 bits per heavy atom. The van der Waals surface area contributed by atoms with Crippen molar-refractivity contribution in [3.8, 4) is 0 Å². The van der Waals surface area contributed by atoms with Crippen molar-refractivity contribution in [3.63, 3.8) is 0 Å². The van der Waals surface area contributed by atoms with Gasteiger partial charge in [0.15, 0.2) is 0 Å². The summed E-state index contributed by atoms with van der Waals surface area (Å²) in [5, 5.41) is 3.90. The predicted molar refractivity (Wildman–Crippen MR) is 78.9 cm³/mol. The van der Waals surface area contributed by atoms with Gasteiger partial charge in [-0.3, -0.25) is 0 Å². The second kappa shape index (κ2) is 8.48. The molecule has 0 fully saturated rings. The first-order valence-corrected chi connectivity index (χ1v) is 6.34. The Bertz CT molecular complexity index is 416. The molecule has 0 saturated heterocycles. The quantitative estimate of drug-likeness (QED) is 0.341. The molecular formula is C14H19ClN2O. The Kier molecular flexibility index (Phi) is 6.81. The second-order valence-electron chi connectivity index (χ2n) is 3.66. The van der Waals surface area contributed by atoms with Crippen molar-refractivity contribution in [3.05, 3.63) is 47.7 Å². The molecule has 1 rings (SSSR count). The van der Waals surface area contributed by atoms with Gasteiger partial charge in [0.1, 0.15) is 0 Å². The van der Waals surface area contributed by atoms with Crippen LogP contribution >= 0.6 is 11.6 Å². The number of allylic oxidation sites excluding steroid dienone is 2. The molecule has 1 aromatic rings. The molecule has 0 atom stereocenters. The third-order valence-electron chi connectivity index (χ3n) is 2.23. The Balaban J connectivity index is 2.25. The molecule has 3 nitrogen and oxygen atoms in total. The van der Waals surface area contributed by atoms with Crippen molar-refractivity contribution in [2.24, 2.45) is 0 Å². The SMILES string of the molecule is CCO/C=C/C=C\CCNc1ccc(Cl)cc1N. The fourth-order valence-electron chi connectivity index (χ4n) is 1.36. The van der Waals surface area contributed by atoms with Crippen LogP contribution < -0.4 is 11.1 Å². The third kappa shape index (κ3) is 5.64. The number of hydrogen-bond donors (Lipinski definition) is 2. The number of ether oxygens (including phenoxy) is 1. The van der Waals surface area contributed by atoms with Gasteiger partial charge in [-0.25, -0.2) is 0 Å². The van der Waals surface area contributed by atoms with E-state index in [1.165, 1.54) is 0 Å². The molecule has 0 aliphatic heterocycles. The zero-order valence-corrected chi connectivity index (χ0v) is 11.3. The normalized spacial score (nSPS) is 11.2. The zero-order valence-electron chi connectivity index (χ0n) is 10.5. The number of nitrogen functional groups attached to an aromatic ring is 1. The van der Waals surface area contributed by atoms with Gasteiger partial charge in [0.05, 0.1) is 24.2 Å². The molecule has 3 N–H and O–H groups in total. The molecule has 0 aliphatic carbocycles. The van der Waals surface area contributed by atoms with E-state index in [2.05, 4.69) is 11.4 Å². The molecule has 0 radical (unpaired) electrons. The van der Waals surface area contributed by atoms with Gasteiger partial charge in [-0.15, -0.1) is 0 Å². The summed E-state index contributed by atoms with van der Waals surface area (Å²) in [4.78, 5) is 0. The molecular weight excluding hydrogens is 248 g/mol. The molecule has 0 spiro atoms. The van der Waals surface area contributed by atoms with Crippen molar-refractivity contribution < 1.29 is 4.74 Å². The third-order valence-corrected chi connectivity index (χ3v) is 2.46. The fourth-order valence-corrected chi connectivity index (χ4v) is 1.54. The molecule has 1 aromatic carbocycles. The van der Waals surface area contributed by atoms with Gasteiger partial charge < -0.3 is 15.8 Å². The minimum absolute atomic E-state index is 0.652. The summed E-state index contributed by atoms with van der Waals surface area (Å²) >= 11 is 5.82. The number of hydrogen-bond acceptors (Lipinski definition) is 3. The topological polar surface area (TPSA) is 47.3 Å². The number of rotatable bonds is 7. The first-order chi connectivity index (χ1) is 8.74. The van der Waals surface area contributed by atoms with Crippen LogP contribution in [-0.2, 0) is 4.74 Å². The maximum atomic E-state index is 5.82. The van der Waals surface area contributed by atoms with Gasteiger partial charge in [0.25, 0.3) is 0 Å². The van der Waals surface area contributed by atoms with Gasteiger partial charge in [-0.05, 0) is 37.6 Å². The van der Waals surface area contributed by atoms with E-state index in [0.29, 0.717) is 17.3 Å². The first kappa shape index (κ1) is 14.5. The molecule has 0 amide bonds. The van der Waals surface area contributed by atoms with Crippen LogP contribution in [0.4, 0.5) is 11.4 Å². The highest BCUT2D eigenvalue weighted by Gasteiger charge is 1.97. The highest BCUT2D eigenvalue weighted by atomic mass is 35.5. The van der Waals surface area contributed by atoms with Gasteiger partial charge in [-0.2, -0.15) is 0 Å². The lowest BCUT2D eigenvalue weighted by Gasteiger charge is -2.07. The van der Waals surface area contributed by atoms with Crippen molar-refractivity contribution >= 4 is 23.0 Å². The largest absolute Gasteiger partial charge is 0.501 e. The summed E-state index contributed by atoms with van der Waals surface area (Å²) in [6, 6.07) is 5.45. The van der Waals surface area contributed by atoms with E-state index in [9.17, 15) is 0 Å². The number of benzene rings is 1. The molecule has 18 heavy (non-hydrogen) atoms. The summed E-state index contributed by atoms with van der Waals surface area (Å²) in [6.07, 6.45) is 8.50. The zero-order chi connectivity index (χ0) is 13.2. The van der Waals surface area contributed by atoms with Crippen LogP contribution in [0.25, 0.3) is 0 Å². The highest BCUT2D eigenvalue weighted by molar-refractivity contribution is 6.31. The van der Waals surface area contributed by atoms with Crippen LogP contribution in [0.15, 0.2) is 42.7 Å². The van der Waals surface area contributed by atoms with Crippen LogP contribution in [0, 0.1) is 0 Å². The van der Waals surface area contributed by atoms with E-state index < -0.39 is 0 Å². The number of halogens is 1. The van der Waals surface area contributed by atoms with Crippen molar-refractivity contribution in [2.45, 2.75) is 13.3 Å². The molecule has 0 heterocycles. The molecule has 0 unspecified atom stereocenters. The molecule has 0 saturated carbocycles. The lowest BCUT2D eigenvalue weighted by atomic mass is 10.2. The molecule has 4 heteroatoms. The Labute approximate surface area is 113 Å². The van der Waals surface area contributed by atoms with E-state index in [1.807, 2.05) is 31.2 Å². The molecule has 0 aliphatic rings. The predicted octanol–water partition coefficient (Wildman–Crippen LogP) is 3.83. The monoisotopic (exact) mass is 266 g/mol. The van der Waals surface area contributed by atoms with E-state index in [0.717, 1.165) is 18.7 Å². The minimum atomic E-state index is 0.652. The van der Waals surface area contributed by atoms with Gasteiger partial charge >= 0.3 is 0 Å². The fraction of sp³-hybridized carbons (Fsp3) is 0.286. The minimum Gasteiger partial charge on any atom is -0.501 e. The lowest BCUT2D eigenvalue weighted by Crippen LogP contribution is -2.02. The lowest BCUT2D eigenvalue weighted by molar-refractivity contribution is 0.269. The Morgan fingerprint density at radius 2 is 2.22 bits per heavy atom. The Hall–Kier alpha value is -1.61. The van der Waals surface area contributed by atoms with Crippen LogP contribution in [0.1, 0.15) is 13.3 Å². The van der Waals surface area contributed by atoms with Gasteiger partial charge in [0, 0.05) is 11.6 Å². The second-order valence-corrected chi connectivity index (χ2v) is 4.10. The summed E-state index contributed by atoms with van der Waals surface area (Å²) in [7, 11) is 0. The maximum absolute atomic E-state index is 5.82. The van der Waals surface area contributed by atoms with E-state index in [4.69, 9.17) is 22.1 Å². The van der Waals surface area contributed by atoms with Gasteiger partial charge in [0.2, 0.25) is 0 Å². The Morgan fingerprint density at radius 3 is 2.94 bits per heavy atom. The number of nitrogens with two attached hydrogens (primary N) is 1. The summed E-state index contributed by atoms with van der Waals surface area (Å²) in [5.74, 6) is 0. The summed E-state index contributed by atoms with van der Waals surface area (Å²) < 4.78 is 5.06. The van der Waals surface area contributed by atoms with Gasteiger partial charge in [-0.1, -0.05) is 23.8 Å². The van der Waals surface area contributed by atoms with Crippen molar-refractivity contribution in [1.29, 1.82) is 0 Å². The highest BCUT2D eigenvalue weighted by Crippen LogP contribution is 2.22. The maximum Gasteiger partial charge on any atom is 0.0845 e. The molecule has 0 aromatic heterocycles.